The Balaban J connectivity index is 1.79. The minimum atomic E-state index is -3.59. The first-order valence-electron chi connectivity index (χ1n) is 9.71. The van der Waals surface area contributed by atoms with Gasteiger partial charge in [-0.05, 0) is 24.3 Å². The van der Waals surface area contributed by atoms with Crippen molar-refractivity contribution in [2.24, 2.45) is 21.1 Å². The van der Waals surface area contributed by atoms with Crippen LogP contribution in [0.1, 0.15) is 11.5 Å². The first-order valence-corrected chi connectivity index (χ1v) is 11.9. The molecule has 0 saturated carbocycles. The second kappa shape index (κ2) is 7.91. The number of halogens is 1. The molecular weight excluding hydrogens is 458 g/mol. The topological polar surface area (TPSA) is 110 Å². The van der Waals surface area contributed by atoms with E-state index < -0.39 is 21.4 Å². The van der Waals surface area contributed by atoms with Crippen LogP contribution in [0.4, 0.5) is 0 Å². The molecule has 0 radical (unpaired) electrons. The van der Waals surface area contributed by atoms with E-state index in [0.717, 1.165) is 27.4 Å². The van der Waals surface area contributed by atoms with Crippen LogP contribution in [-0.2, 0) is 48.4 Å². The van der Waals surface area contributed by atoms with E-state index in [1.54, 1.807) is 24.7 Å². The fraction of sp³-hybridized carbons (Fsp3) is 0.350. The maximum Gasteiger partial charge on any atom is 0.332 e. The van der Waals surface area contributed by atoms with E-state index >= 15 is 0 Å². The highest BCUT2D eigenvalue weighted by Crippen LogP contribution is 2.23. The quantitative estimate of drug-likeness (QED) is 0.384. The van der Waals surface area contributed by atoms with E-state index in [1.807, 2.05) is 29.8 Å². The van der Waals surface area contributed by atoms with Crippen LogP contribution in [0.5, 0.6) is 0 Å². The number of fused-ring (bicyclic) bond motifs is 2. The number of hydrogen-bond donors (Lipinski definition) is 0. The zero-order valence-electron chi connectivity index (χ0n) is 18.0. The third-order valence-electron chi connectivity index (χ3n) is 5.50. The van der Waals surface area contributed by atoms with Gasteiger partial charge in [-0.3, -0.25) is 18.1 Å². The molecule has 10 nitrogen and oxygen atoms in total. The van der Waals surface area contributed by atoms with Gasteiger partial charge in [-0.2, -0.15) is 8.42 Å². The van der Waals surface area contributed by atoms with Gasteiger partial charge in [-0.25, -0.2) is 9.78 Å². The maximum atomic E-state index is 13.3. The molecule has 0 aliphatic rings. The molecule has 1 aromatic carbocycles. The lowest BCUT2D eigenvalue weighted by Crippen LogP contribution is -2.40. The largest absolute Gasteiger partial charge is 0.346 e. The third kappa shape index (κ3) is 3.87. The second-order valence-corrected chi connectivity index (χ2v) is 9.75. The highest BCUT2D eigenvalue weighted by atomic mass is 35.5. The van der Waals surface area contributed by atoms with Crippen LogP contribution in [0.2, 0.25) is 5.02 Å². The first-order chi connectivity index (χ1) is 15.0. The Labute approximate surface area is 188 Å². The van der Waals surface area contributed by atoms with Crippen LogP contribution in [-0.4, -0.2) is 44.5 Å². The van der Waals surface area contributed by atoms with Crippen LogP contribution in [0.15, 0.2) is 33.9 Å². The summed E-state index contributed by atoms with van der Waals surface area (Å²) in [4.78, 5) is 30.7. The van der Waals surface area contributed by atoms with Gasteiger partial charge in [0.25, 0.3) is 15.7 Å². The highest BCUT2D eigenvalue weighted by molar-refractivity contribution is 7.85. The number of rotatable bonds is 6. The molecule has 0 atom stereocenters. The van der Waals surface area contributed by atoms with E-state index in [4.69, 9.17) is 15.8 Å². The summed E-state index contributed by atoms with van der Waals surface area (Å²) >= 11 is 6.09. The van der Waals surface area contributed by atoms with E-state index in [2.05, 4.69) is 4.98 Å². The van der Waals surface area contributed by atoms with Gasteiger partial charge in [0.2, 0.25) is 0 Å². The van der Waals surface area contributed by atoms with Crippen molar-refractivity contribution in [3.63, 3.8) is 0 Å². The van der Waals surface area contributed by atoms with Gasteiger partial charge >= 0.3 is 5.69 Å². The molecule has 12 heteroatoms. The monoisotopic (exact) mass is 479 g/mol. The molecular formula is C20H22ClN5O5S. The summed E-state index contributed by atoms with van der Waals surface area (Å²) in [5, 5.41) is 1.51. The van der Waals surface area contributed by atoms with E-state index in [9.17, 15) is 18.0 Å². The lowest BCUT2D eigenvalue weighted by Gasteiger charge is -2.10. The van der Waals surface area contributed by atoms with Crippen molar-refractivity contribution in [1.82, 2.24) is 23.3 Å². The molecule has 0 fully saturated rings. The molecule has 3 aromatic heterocycles. The minimum Gasteiger partial charge on any atom is -0.346 e. The Morgan fingerprint density at radius 3 is 2.47 bits per heavy atom. The Bertz CT molecular complexity index is 1590. The van der Waals surface area contributed by atoms with E-state index in [0.29, 0.717) is 10.8 Å². The zero-order chi connectivity index (χ0) is 23.4. The smallest absolute Gasteiger partial charge is 0.332 e. The fourth-order valence-corrected chi connectivity index (χ4v) is 4.39. The van der Waals surface area contributed by atoms with Crippen molar-refractivity contribution >= 4 is 43.8 Å². The molecule has 170 valence electrons. The van der Waals surface area contributed by atoms with E-state index in [1.165, 1.54) is 4.57 Å². The average Bonchev–Trinajstić information content (AvgIpc) is 3.19. The highest BCUT2D eigenvalue weighted by Gasteiger charge is 2.20. The number of benzene rings is 1. The summed E-state index contributed by atoms with van der Waals surface area (Å²) < 4.78 is 33.1. The number of aryl methyl sites for hydroxylation is 3. The Morgan fingerprint density at radius 1 is 1.06 bits per heavy atom. The molecule has 4 aromatic rings. The Morgan fingerprint density at radius 2 is 1.78 bits per heavy atom. The Kier molecular flexibility index (Phi) is 5.51. The molecule has 4 rings (SSSR count). The molecule has 3 heterocycles. The zero-order valence-corrected chi connectivity index (χ0v) is 19.6. The summed E-state index contributed by atoms with van der Waals surface area (Å²) in [6.45, 7) is -0.0431. The second-order valence-electron chi connectivity index (χ2n) is 7.67. The molecule has 0 saturated heterocycles. The fourth-order valence-electron chi connectivity index (χ4n) is 3.83. The standard InChI is InChI=1S/C20H22ClN5O5S/c1-23-14(10-12-9-13(21)5-6-15(12)23)11-26-19(27)17-18(25(3)20(26)28)22-16(24(17)2)7-8-31-32(4,29)30/h5-6,9-10H,7-8,11H2,1-4H3. The average molecular weight is 480 g/mol. The van der Waals surface area contributed by atoms with Gasteiger partial charge in [0, 0.05) is 49.2 Å². The van der Waals surface area contributed by atoms with E-state index in [-0.39, 0.29) is 30.7 Å². The number of aromatic nitrogens is 5. The summed E-state index contributed by atoms with van der Waals surface area (Å²) in [5.41, 5.74) is 1.22. The van der Waals surface area contributed by atoms with Gasteiger partial charge in [0.05, 0.1) is 19.4 Å². The van der Waals surface area contributed by atoms with Crippen molar-refractivity contribution in [2.75, 3.05) is 12.9 Å². The predicted octanol–water partition coefficient (Wildman–Crippen LogP) is 1.15. The number of hydrogen-bond acceptors (Lipinski definition) is 6. The molecule has 0 aliphatic carbocycles. The lowest BCUT2D eigenvalue weighted by molar-refractivity contribution is 0.322. The number of imidazole rings is 1. The van der Waals surface area contributed by atoms with Crippen molar-refractivity contribution in [2.45, 2.75) is 13.0 Å². The molecule has 0 N–H and O–H groups in total. The molecule has 32 heavy (non-hydrogen) atoms. The number of nitrogens with zero attached hydrogens (tertiary/aromatic N) is 5. The minimum absolute atomic E-state index is 0.0714. The van der Waals surface area contributed by atoms with Gasteiger partial charge < -0.3 is 9.13 Å². The summed E-state index contributed by atoms with van der Waals surface area (Å²) in [7, 11) is 1.48. The van der Waals surface area contributed by atoms with Crippen molar-refractivity contribution in [3.8, 4) is 0 Å². The molecule has 0 aliphatic heterocycles. The third-order valence-corrected chi connectivity index (χ3v) is 6.33. The van der Waals surface area contributed by atoms with Crippen LogP contribution in [0.25, 0.3) is 22.1 Å². The first kappa shape index (κ1) is 22.3. The van der Waals surface area contributed by atoms with Crippen molar-refractivity contribution in [1.29, 1.82) is 0 Å². The normalized spacial score (nSPS) is 12.3. The van der Waals surface area contributed by atoms with Gasteiger partial charge in [0.15, 0.2) is 11.2 Å². The van der Waals surface area contributed by atoms with Crippen molar-refractivity contribution < 1.29 is 12.6 Å². The maximum absolute atomic E-state index is 13.3. The molecule has 0 spiro atoms. The Hall–Kier alpha value is -2.89. The van der Waals surface area contributed by atoms with Crippen LogP contribution < -0.4 is 11.2 Å². The van der Waals surface area contributed by atoms with Crippen LogP contribution in [0.3, 0.4) is 0 Å². The van der Waals surface area contributed by atoms with Gasteiger partial charge in [0.1, 0.15) is 5.82 Å². The molecule has 0 amide bonds. The summed E-state index contributed by atoms with van der Waals surface area (Å²) in [6.07, 6.45) is 1.13. The summed E-state index contributed by atoms with van der Waals surface area (Å²) in [5.74, 6) is 0.438. The SMILES string of the molecule is Cn1c(Cn2c(=O)c3c(nc(CCOS(C)(=O)=O)n3C)n(C)c2=O)cc2cc(Cl)ccc21. The van der Waals surface area contributed by atoms with Crippen LogP contribution in [0, 0.1) is 0 Å². The summed E-state index contributed by atoms with van der Waals surface area (Å²) in [6, 6.07) is 7.40. The lowest BCUT2D eigenvalue weighted by atomic mass is 10.2. The molecule has 0 bridgehead atoms. The van der Waals surface area contributed by atoms with Gasteiger partial charge in [-0.1, -0.05) is 11.6 Å². The van der Waals surface area contributed by atoms with Gasteiger partial charge in [-0.15, -0.1) is 0 Å². The predicted molar refractivity (Wildman–Crippen MR) is 122 cm³/mol. The molecule has 0 unspecified atom stereocenters. The van der Waals surface area contributed by atoms with Crippen LogP contribution >= 0.6 is 11.6 Å². The van der Waals surface area contributed by atoms with Crippen molar-refractivity contribution in [3.05, 3.63) is 61.6 Å².